The molecule has 1 aliphatic heterocycles. The maximum Gasteiger partial charge on any atom is 0.409 e. The summed E-state index contributed by atoms with van der Waals surface area (Å²) in [5, 5.41) is 8.82. The summed E-state index contributed by atoms with van der Waals surface area (Å²) in [6.45, 7) is 9.30. The van der Waals surface area contributed by atoms with E-state index in [4.69, 9.17) is 4.74 Å². The van der Waals surface area contributed by atoms with E-state index >= 15 is 0 Å². The average Bonchev–Trinajstić information content (AvgIpc) is 2.89. The number of pyridine rings is 1. The number of morpholine rings is 1. The number of hydrogen-bond acceptors (Lipinski definition) is 6. The van der Waals surface area contributed by atoms with Gasteiger partial charge in [0.1, 0.15) is 6.04 Å². The molecule has 3 N–H and O–H groups in total. The van der Waals surface area contributed by atoms with E-state index in [0.29, 0.717) is 13.0 Å². The molecule has 1 aromatic carbocycles. The third-order valence-electron chi connectivity index (χ3n) is 6.34. The standard InChI is InChI=1S/C27H38F3N5O2/c1-4-20(18-32-21-8-10-22(11-9-21)35-13-15-37-16-14-35)33-26(36)24(17-19(2)3)34-25(27(28,29)30)23-7-5-6-12-31-23/h5-12,19-20,24-25,32,34H,4,13-18H2,1-3H3,(H,33,36)/t20-,24-,25-/m0/s1. The number of carbonyl (C=O) groups is 1. The van der Waals surface area contributed by atoms with E-state index in [0.717, 1.165) is 37.7 Å². The van der Waals surface area contributed by atoms with Gasteiger partial charge in [-0.25, -0.2) is 0 Å². The molecule has 2 heterocycles. The highest BCUT2D eigenvalue weighted by Crippen LogP contribution is 2.32. The number of ether oxygens (including phenoxy) is 1. The van der Waals surface area contributed by atoms with Crippen molar-refractivity contribution in [2.24, 2.45) is 5.92 Å². The Kier molecular flexibility index (Phi) is 10.6. The Morgan fingerprint density at radius 3 is 2.38 bits per heavy atom. The topological polar surface area (TPSA) is 78.5 Å². The predicted molar refractivity (Wildman–Crippen MR) is 140 cm³/mol. The van der Waals surface area contributed by atoms with Crippen LogP contribution in [0.2, 0.25) is 0 Å². The second kappa shape index (κ2) is 13.6. The Labute approximate surface area is 217 Å². The van der Waals surface area contributed by atoms with Crippen molar-refractivity contribution in [3.8, 4) is 0 Å². The molecule has 1 aliphatic rings. The second-order valence-electron chi connectivity index (χ2n) is 9.72. The highest BCUT2D eigenvalue weighted by Gasteiger charge is 2.43. The number of carbonyl (C=O) groups excluding carboxylic acids is 1. The van der Waals surface area contributed by atoms with Crippen LogP contribution in [0.25, 0.3) is 0 Å². The summed E-state index contributed by atoms with van der Waals surface area (Å²) in [5.41, 5.74) is 1.88. The van der Waals surface area contributed by atoms with Crippen molar-refractivity contribution < 1.29 is 22.7 Å². The van der Waals surface area contributed by atoms with Gasteiger partial charge in [-0.05, 0) is 55.2 Å². The van der Waals surface area contributed by atoms with Gasteiger partial charge in [-0.1, -0.05) is 26.8 Å². The molecule has 3 atom stereocenters. The largest absolute Gasteiger partial charge is 0.409 e. The molecule has 2 aromatic rings. The van der Waals surface area contributed by atoms with Crippen molar-refractivity contribution in [2.75, 3.05) is 43.1 Å². The molecule has 0 radical (unpaired) electrons. The summed E-state index contributed by atoms with van der Waals surface area (Å²) in [6.07, 6.45) is -2.39. The molecule has 0 bridgehead atoms. The number of rotatable bonds is 12. The van der Waals surface area contributed by atoms with Crippen LogP contribution in [-0.2, 0) is 9.53 Å². The van der Waals surface area contributed by atoms with E-state index < -0.39 is 24.2 Å². The minimum atomic E-state index is -4.59. The number of nitrogens with one attached hydrogen (secondary N) is 3. The van der Waals surface area contributed by atoms with E-state index in [1.54, 1.807) is 6.07 Å². The summed E-state index contributed by atoms with van der Waals surface area (Å²) in [5.74, 6) is -0.431. The summed E-state index contributed by atoms with van der Waals surface area (Å²) in [7, 11) is 0. The van der Waals surface area contributed by atoms with E-state index in [-0.39, 0.29) is 24.1 Å². The molecule has 0 saturated carbocycles. The third kappa shape index (κ3) is 8.89. The van der Waals surface area contributed by atoms with Gasteiger partial charge in [-0.15, -0.1) is 0 Å². The number of anilines is 2. The van der Waals surface area contributed by atoms with Crippen LogP contribution < -0.4 is 20.9 Å². The molecular formula is C27H38F3N5O2. The molecule has 37 heavy (non-hydrogen) atoms. The molecule has 0 spiro atoms. The molecule has 3 rings (SSSR count). The smallest absolute Gasteiger partial charge is 0.383 e. The first-order valence-corrected chi connectivity index (χ1v) is 12.9. The van der Waals surface area contributed by atoms with Crippen molar-refractivity contribution in [1.82, 2.24) is 15.6 Å². The van der Waals surface area contributed by atoms with Crippen LogP contribution in [0.3, 0.4) is 0 Å². The van der Waals surface area contributed by atoms with E-state index in [1.807, 2.05) is 45.0 Å². The average molecular weight is 522 g/mol. The van der Waals surface area contributed by atoms with E-state index in [2.05, 4.69) is 25.8 Å². The zero-order valence-corrected chi connectivity index (χ0v) is 21.7. The van der Waals surface area contributed by atoms with Crippen LogP contribution in [0.4, 0.5) is 24.5 Å². The van der Waals surface area contributed by atoms with Gasteiger partial charge in [0.05, 0.1) is 24.9 Å². The Hall–Kier alpha value is -2.85. The molecule has 7 nitrogen and oxygen atoms in total. The lowest BCUT2D eigenvalue weighted by Crippen LogP contribution is -2.52. The van der Waals surface area contributed by atoms with Gasteiger partial charge < -0.3 is 20.3 Å². The summed E-state index contributed by atoms with van der Waals surface area (Å²) >= 11 is 0. The normalized spacial score (nSPS) is 16.8. The first-order valence-electron chi connectivity index (χ1n) is 12.9. The van der Waals surface area contributed by atoms with Crippen LogP contribution in [0.1, 0.15) is 45.3 Å². The van der Waals surface area contributed by atoms with Gasteiger partial charge in [-0.2, -0.15) is 13.2 Å². The number of halogens is 3. The maximum absolute atomic E-state index is 13.9. The molecule has 0 aliphatic carbocycles. The minimum Gasteiger partial charge on any atom is -0.383 e. The minimum absolute atomic E-state index is 0.0176. The van der Waals surface area contributed by atoms with Gasteiger partial charge in [0.2, 0.25) is 5.91 Å². The molecule has 0 unspecified atom stereocenters. The van der Waals surface area contributed by atoms with Crippen LogP contribution in [0.5, 0.6) is 0 Å². The van der Waals surface area contributed by atoms with Crippen molar-refractivity contribution in [2.45, 2.75) is 57.9 Å². The number of aromatic nitrogens is 1. The summed E-state index contributed by atoms with van der Waals surface area (Å²) in [6, 6.07) is 9.15. The third-order valence-corrected chi connectivity index (χ3v) is 6.34. The second-order valence-corrected chi connectivity index (χ2v) is 9.72. The Morgan fingerprint density at radius 2 is 1.81 bits per heavy atom. The Morgan fingerprint density at radius 1 is 1.11 bits per heavy atom. The number of hydrogen-bond donors (Lipinski definition) is 3. The van der Waals surface area contributed by atoms with Crippen molar-refractivity contribution in [3.63, 3.8) is 0 Å². The molecule has 10 heteroatoms. The number of benzene rings is 1. The Balaban J connectivity index is 1.61. The van der Waals surface area contributed by atoms with Gasteiger partial charge in [0.25, 0.3) is 0 Å². The lowest BCUT2D eigenvalue weighted by molar-refractivity contribution is -0.162. The van der Waals surface area contributed by atoms with Crippen molar-refractivity contribution in [3.05, 3.63) is 54.4 Å². The maximum atomic E-state index is 13.9. The fourth-order valence-electron chi connectivity index (χ4n) is 4.27. The fourth-order valence-corrected chi connectivity index (χ4v) is 4.27. The molecule has 1 fully saturated rings. The molecule has 1 aromatic heterocycles. The summed E-state index contributed by atoms with van der Waals surface area (Å²) in [4.78, 5) is 19.3. The van der Waals surface area contributed by atoms with Crippen molar-refractivity contribution >= 4 is 17.3 Å². The summed E-state index contributed by atoms with van der Waals surface area (Å²) < 4.78 is 47.1. The fraction of sp³-hybridized carbons (Fsp3) is 0.556. The highest BCUT2D eigenvalue weighted by molar-refractivity contribution is 5.82. The molecule has 1 amide bonds. The van der Waals surface area contributed by atoms with Gasteiger partial charge in [0, 0.05) is 43.2 Å². The van der Waals surface area contributed by atoms with Crippen LogP contribution in [0.15, 0.2) is 48.7 Å². The number of amides is 1. The first kappa shape index (κ1) is 28.7. The number of alkyl halides is 3. The van der Waals surface area contributed by atoms with Gasteiger partial charge in [0.15, 0.2) is 0 Å². The molecule has 1 saturated heterocycles. The first-order chi connectivity index (χ1) is 17.7. The lowest BCUT2D eigenvalue weighted by atomic mass is 10.0. The van der Waals surface area contributed by atoms with Gasteiger partial charge >= 0.3 is 6.18 Å². The SMILES string of the molecule is CC[C@@H](CNc1ccc(N2CCOCC2)cc1)NC(=O)[C@H](CC(C)C)N[C@@H](c1ccccn1)C(F)(F)F. The van der Waals surface area contributed by atoms with Crippen LogP contribution in [-0.4, -0.2) is 62.0 Å². The van der Waals surface area contributed by atoms with E-state index in [1.165, 1.54) is 18.3 Å². The Bertz CT molecular complexity index is 951. The molecular weight excluding hydrogens is 483 g/mol. The zero-order valence-electron chi connectivity index (χ0n) is 21.7. The van der Waals surface area contributed by atoms with Gasteiger partial charge in [-0.3, -0.25) is 15.1 Å². The quantitative estimate of drug-likeness (QED) is 0.381. The molecule has 204 valence electrons. The van der Waals surface area contributed by atoms with Crippen LogP contribution >= 0.6 is 0 Å². The monoisotopic (exact) mass is 521 g/mol. The zero-order chi connectivity index (χ0) is 26.8. The predicted octanol–water partition coefficient (Wildman–Crippen LogP) is 4.53. The van der Waals surface area contributed by atoms with Crippen LogP contribution in [0, 0.1) is 5.92 Å². The highest BCUT2D eigenvalue weighted by atomic mass is 19.4. The van der Waals surface area contributed by atoms with Crippen molar-refractivity contribution in [1.29, 1.82) is 0 Å². The number of nitrogens with zero attached hydrogens (tertiary/aromatic N) is 2. The van der Waals surface area contributed by atoms with E-state index in [9.17, 15) is 18.0 Å². The lowest BCUT2D eigenvalue weighted by Gasteiger charge is -2.29.